The minimum Gasteiger partial charge on any atom is -0.341 e. The van der Waals surface area contributed by atoms with Gasteiger partial charge in [0.25, 0.3) is 0 Å². The highest BCUT2D eigenvalue weighted by Gasteiger charge is 2.06. The first kappa shape index (κ1) is 13.9. The van der Waals surface area contributed by atoms with E-state index < -0.39 is 0 Å². The lowest BCUT2D eigenvalue weighted by Gasteiger charge is -2.01. The molecule has 3 aromatic rings. The fraction of sp³-hybridized carbons (Fsp3) is 0.143. The molecule has 90 valence electrons. The van der Waals surface area contributed by atoms with Crippen molar-refractivity contribution in [3.8, 4) is 0 Å². The molecule has 0 radical (unpaired) electrons. The smallest absolute Gasteiger partial charge is 0.0491 e. The summed E-state index contributed by atoms with van der Waals surface area (Å²) in [6, 6.07) is 17.2. The topological polar surface area (TPSA) is 4.93 Å². The summed E-state index contributed by atoms with van der Waals surface area (Å²) in [5.41, 5.74) is 2.67. The molecule has 0 N–H and O–H groups in total. The minimum absolute atomic E-state index is 0. The van der Waals surface area contributed by atoms with Crippen molar-refractivity contribution < 1.29 is 0 Å². The third-order valence-electron chi connectivity index (χ3n) is 3.00. The SMILES string of the molecule is CCn1c2ccccc2c2ccccc21.Cl.Cl. The number of nitrogens with zero attached hydrogens (tertiary/aromatic N) is 1. The molecule has 0 atom stereocenters. The van der Waals surface area contributed by atoms with Gasteiger partial charge in [0.05, 0.1) is 0 Å². The van der Waals surface area contributed by atoms with Crippen LogP contribution in [0.3, 0.4) is 0 Å². The summed E-state index contributed by atoms with van der Waals surface area (Å²) in [7, 11) is 0. The largest absolute Gasteiger partial charge is 0.341 e. The van der Waals surface area contributed by atoms with Crippen LogP contribution in [0.4, 0.5) is 0 Å². The molecule has 0 aliphatic heterocycles. The van der Waals surface area contributed by atoms with Gasteiger partial charge in [-0.15, -0.1) is 24.8 Å². The van der Waals surface area contributed by atoms with E-state index in [0.29, 0.717) is 0 Å². The fourth-order valence-electron chi connectivity index (χ4n) is 2.34. The summed E-state index contributed by atoms with van der Waals surface area (Å²) in [4.78, 5) is 0. The molecule has 2 aromatic carbocycles. The lowest BCUT2D eigenvalue weighted by atomic mass is 10.2. The number of aryl methyl sites for hydroxylation is 1. The van der Waals surface area contributed by atoms with Crippen molar-refractivity contribution in [1.29, 1.82) is 0 Å². The molecule has 0 bridgehead atoms. The minimum atomic E-state index is 0. The summed E-state index contributed by atoms with van der Waals surface area (Å²) in [5.74, 6) is 0. The predicted molar refractivity (Wildman–Crippen MR) is 79.6 cm³/mol. The molecule has 0 saturated carbocycles. The zero-order chi connectivity index (χ0) is 10.3. The molecular formula is C14H15Cl2N. The molecule has 0 spiro atoms. The van der Waals surface area contributed by atoms with Gasteiger partial charge < -0.3 is 4.57 Å². The van der Waals surface area contributed by atoms with Crippen LogP contribution in [0.5, 0.6) is 0 Å². The van der Waals surface area contributed by atoms with E-state index in [1.807, 2.05) is 0 Å². The Hall–Kier alpha value is -1.18. The summed E-state index contributed by atoms with van der Waals surface area (Å²) in [5, 5.41) is 2.71. The Kier molecular flexibility index (Phi) is 4.44. The van der Waals surface area contributed by atoms with Crippen molar-refractivity contribution in [3.63, 3.8) is 0 Å². The summed E-state index contributed by atoms with van der Waals surface area (Å²) in [6.07, 6.45) is 0. The predicted octanol–water partition coefficient (Wildman–Crippen LogP) is 4.66. The van der Waals surface area contributed by atoms with Crippen LogP contribution in [0.25, 0.3) is 21.8 Å². The lowest BCUT2D eigenvalue weighted by Crippen LogP contribution is -1.91. The second-order valence-corrected chi connectivity index (χ2v) is 3.78. The lowest BCUT2D eigenvalue weighted by molar-refractivity contribution is 0.827. The molecule has 17 heavy (non-hydrogen) atoms. The number of para-hydroxylation sites is 2. The molecule has 3 rings (SSSR count). The van der Waals surface area contributed by atoms with E-state index >= 15 is 0 Å². The average molecular weight is 268 g/mol. The molecule has 1 heterocycles. The van der Waals surface area contributed by atoms with Crippen LogP contribution in [0.2, 0.25) is 0 Å². The standard InChI is InChI=1S/C14H13N.2ClH/c1-2-15-13-9-5-3-7-11(13)12-8-4-6-10-14(12)15;;/h3-10H,2H2,1H3;2*1H. The van der Waals surface area contributed by atoms with Crippen molar-refractivity contribution in [1.82, 2.24) is 4.57 Å². The Morgan fingerprint density at radius 2 is 1.18 bits per heavy atom. The molecular weight excluding hydrogens is 253 g/mol. The van der Waals surface area contributed by atoms with Crippen molar-refractivity contribution in [3.05, 3.63) is 48.5 Å². The fourth-order valence-corrected chi connectivity index (χ4v) is 2.34. The van der Waals surface area contributed by atoms with Gasteiger partial charge in [-0.1, -0.05) is 36.4 Å². The number of halogens is 2. The monoisotopic (exact) mass is 267 g/mol. The van der Waals surface area contributed by atoms with Crippen LogP contribution in [0.1, 0.15) is 6.92 Å². The van der Waals surface area contributed by atoms with E-state index in [1.54, 1.807) is 0 Å². The maximum atomic E-state index is 2.37. The second kappa shape index (κ2) is 5.44. The maximum Gasteiger partial charge on any atom is 0.0491 e. The Balaban J connectivity index is 0.000000722. The molecule has 0 aliphatic rings. The van der Waals surface area contributed by atoms with Gasteiger partial charge in [0, 0.05) is 28.4 Å². The first-order valence-corrected chi connectivity index (χ1v) is 5.38. The highest BCUT2D eigenvalue weighted by Crippen LogP contribution is 2.28. The number of benzene rings is 2. The molecule has 0 unspecified atom stereocenters. The van der Waals surface area contributed by atoms with Crippen molar-refractivity contribution in [2.24, 2.45) is 0 Å². The molecule has 0 saturated heterocycles. The van der Waals surface area contributed by atoms with Gasteiger partial charge in [-0.05, 0) is 19.1 Å². The van der Waals surface area contributed by atoms with E-state index in [-0.39, 0.29) is 24.8 Å². The molecule has 3 heteroatoms. The van der Waals surface area contributed by atoms with Crippen molar-refractivity contribution in [2.45, 2.75) is 13.5 Å². The summed E-state index contributed by atoms with van der Waals surface area (Å²) in [6.45, 7) is 3.22. The van der Waals surface area contributed by atoms with Crippen molar-refractivity contribution in [2.75, 3.05) is 0 Å². The first-order valence-electron chi connectivity index (χ1n) is 5.38. The van der Waals surface area contributed by atoms with Gasteiger partial charge in [-0.25, -0.2) is 0 Å². The quantitative estimate of drug-likeness (QED) is 0.605. The van der Waals surface area contributed by atoms with Gasteiger partial charge in [0.2, 0.25) is 0 Å². The van der Waals surface area contributed by atoms with Crippen LogP contribution in [0.15, 0.2) is 48.5 Å². The van der Waals surface area contributed by atoms with Gasteiger partial charge in [0.15, 0.2) is 0 Å². The Bertz CT molecular complexity index is 575. The number of hydrogen-bond donors (Lipinski definition) is 0. The third-order valence-corrected chi connectivity index (χ3v) is 3.00. The summed E-state index contributed by atoms with van der Waals surface area (Å²) >= 11 is 0. The first-order chi connectivity index (χ1) is 7.42. The maximum absolute atomic E-state index is 2.37. The molecule has 1 nitrogen and oxygen atoms in total. The molecule has 0 aliphatic carbocycles. The van der Waals surface area contributed by atoms with Crippen LogP contribution in [-0.4, -0.2) is 4.57 Å². The van der Waals surface area contributed by atoms with Crippen LogP contribution < -0.4 is 0 Å². The number of hydrogen-bond acceptors (Lipinski definition) is 0. The average Bonchev–Trinajstić information content (AvgIpc) is 2.63. The molecule has 0 fully saturated rings. The van der Waals surface area contributed by atoms with Crippen LogP contribution in [-0.2, 0) is 6.54 Å². The van der Waals surface area contributed by atoms with Gasteiger partial charge >= 0.3 is 0 Å². The van der Waals surface area contributed by atoms with E-state index in [4.69, 9.17) is 0 Å². The van der Waals surface area contributed by atoms with E-state index in [9.17, 15) is 0 Å². The van der Waals surface area contributed by atoms with Gasteiger partial charge in [-0.2, -0.15) is 0 Å². The van der Waals surface area contributed by atoms with Gasteiger partial charge in [-0.3, -0.25) is 0 Å². The van der Waals surface area contributed by atoms with Crippen LogP contribution >= 0.6 is 24.8 Å². The zero-order valence-corrected chi connectivity index (χ0v) is 11.2. The normalized spacial score (nSPS) is 9.94. The van der Waals surface area contributed by atoms with Gasteiger partial charge in [0.1, 0.15) is 0 Å². The molecule has 1 aromatic heterocycles. The zero-order valence-electron chi connectivity index (χ0n) is 9.59. The third kappa shape index (κ3) is 2.01. The summed E-state index contributed by atoms with van der Waals surface area (Å²) < 4.78 is 2.37. The number of fused-ring (bicyclic) bond motifs is 3. The number of aromatic nitrogens is 1. The van der Waals surface area contributed by atoms with E-state index in [1.165, 1.54) is 21.8 Å². The van der Waals surface area contributed by atoms with E-state index in [0.717, 1.165) is 6.54 Å². The highest BCUT2D eigenvalue weighted by atomic mass is 35.5. The number of rotatable bonds is 1. The Morgan fingerprint density at radius 1 is 0.765 bits per heavy atom. The second-order valence-electron chi connectivity index (χ2n) is 3.78. The Labute approximate surface area is 113 Å². The highest BCUT2D eigenvalue weighted by molar-refractivity contribution is 6.07. The van der Waals surface area contributed by atoms with Crippen molar-refractivity contribution >= 4 is 46.6 Å². The van der Waals surface area contributed by atoms with Crippen LogP contribution in [0, 0.1) is 0 Å². The Morgan fingerprint density at radius 3 is 1.59 bits per heavy atom. The molecule has 0 amide bonds. The van der Waals surface area contributed by atoms with E-state index in [2.05, 4.69) is 60.0 Å².